The van der Waals surface area contributed by atoms with Crippen molar-refractivity contribution in [3.8, 4) is 5.75 Å². The second-order valence-electron chi connectivity index (χ2n) is 10.2. The van der Waals surface area contributed by atoms with Gasteiger partial charge in [0.2, 0.25) is 0 Å². The molecule has 1 aliphatic rings. The second kappa shape index (κ2) is 11.5. The molecule has 38 heavy (non-hydrogen) atoms. The minimum absolute atomic E-state index is 0.153. The summed E-state index contributed by atoms with van der Waals surface area (Å²) in [6.07, 6.45) is 7.28. The lowest BCUT2D eigenvalue weighted by Crippen LogP contribution is -2.25. The van der Waals surface area contributed by atoms with E-state index in [9.17, 15) is 4.79 Å². The monoisotopic (exact) mass is 572 g/mol. The number of benzene rings is 3. The molecule has 0 spiro atoms. The summed E-state index contributed by atoms with van der Waals surface area (Å²) in [6.45, 7) is 2.52. The van der Waals surface area contributed by atoms with Gasteiger partial charge in [-0.25, -0.2) is 4.98 Å². The Morgan fingerprint density at radius 2 is 1.89 bits per heavy atom. The summed E-state index contributed by atoms with van der Waals surface area (Å²) in [6, 6.07) is 20.0. The summed E-state index contributed by atoms with van der Waals surface area (Å²) in [5.74, 6) is 1.67. The van der Waals surface area contributed by atoms with E-state index in [0.717, 1.165) is 52.8 Å². The van der Waals surface area contributed by atoms with Gasteiger partial charge in [0.05, 0.1) is 17.1 Å². The zero-order chi connectivity index (χ0) is 26.6. The molecule has 6 nitrogen and oxygen atoms in total. The highest BCUT2D eigenvalue weighted by atomic mass is 79.9. The van der Waals surface area contributed by atoms with E-state index in [1.54, 1.807) is 6.21 Å². The molecule has 1 saturated carbocycles. The molecule has 0 unspecified atom stereocenters. The molecule has 1 aromatic heterocycles. The maximum Gasteiger partial charge on any atom is 0.282 e. The minimum Gasteiger partial charge on any atom is -0.488 e. The van der Waals surface area contributed by atoms with Gasteiger partial charge >= 0.3 is 0 Å². The number of hydrogen-bond acceptors (Lipinski definition) is 5. The molecule has 0 N–H and O–H groups in total. The van der Waals surface area contributed by atoms with Crippen molar-refractivity contribution in [1.82, 2.24) is 9.66 Å². The molecule has 0 bridgehead atoms. The van der Waals surface area contributed by atoms with E-state index in [-0.39, 0.29) is 11.5 Å². The Bertz CT molecular complexity index is 1540. The first-order valence-corrected chi connectivity index (χ1v) is 13.9. The van der Waals surface area contributed by atoms with Crippen LogP contribution in [0.5, 0.6) is 5.75 Å². The van der Waals surface area contributed by atoms with E-state index in [2.05, 4.69) is 41.1 Å². The third kappa shape index (κ3) is 5.83. The van der Waals surface area contributed by atoms with Gasteiger partial charge in [-0.15, -0.1) is 0 Å². The predicted octanol–water partition coefficient (Wildman–Crippen LogP) is 7.04. The number of ether oxygens (including phenoxy) is 1. The van der Waals surface area contributed by atoms with E-state index in [1.165, 1.54) is 16.7 Å². The van der Waals surface area contributed by atoms with Crippen molar-refractivity contribution >= 4 is 38.7 Å². The van der Waals surface area contributed by atoms with Gasteiger partial charge in [0.15, 0.2) is 0 Å². The molecule has 0 aliphatic heterocycles. The maximum atomic E-state index is 13.7. The van der Waals surface area contributed by atoms with E-state index < -0.39 is 0 Å². The number of aromatic nitrogens is 2. The molecule has 1 fully saturated rings. The molecule has 0 amide bonds. The van der Waals surface area contributed by atoms with Crippen LogP contribution >= 0.6 is 15.9 Å². The van der Waals surface area contributed by atoms with E-state index >= 15 is 0 Å². The highest BCUT2D eigenvalue weighted by Gasteiger charge is 2.22. The number of nitrogens with zero attached hydrogens (tertiary/aromatic N) is 4. The van der Waals surface area contributed by atoms with Crippen LogP contribution < -0.4 is 15.2 Å². The van der Waals surface area contributed by atoms with Crippen LogP contribution in [0.2, 0.25) is 0 Å². The first-order valence-electron chi connectivity index (χ1n) is 13.2. The zero-order valence-corrected chi connectivity index (χ0v) is 23.7. The van der Waals surface area contributed by atoms with Gasteiger partial charge in [-0.05, 0) is 55.7 Å². The lowest BCUT2D eigenvalue weighted by atomic mass is 9.88. The van der Waals surface area contributed by atoms with Gasteiger partial charge in [-0.2, -0.15) is 9.78 Å². The Labute approximate surface area is 232 Å². The number of fused-ring (bicyclic) bond motifs is 1. The summed E-state index contributed by atoms with van der Waals surface area (Å²) in [4.78, 5) is 20.7. The molecule has 1 aliphatic carbocycles. The number of halogens is 1. The van der Waals surface area contributed by atoms with Crippen molar-refractivity contribution in [2.75, 3.05) is 19.0 Å². The van der Waals surface area contributed by atoms with E-state index in [0.29, 0.717) is 23.3 Å². The molecule has 0 saturated heterocycles. The molecule has 1 heterocycles. The van der Waals surface area contributed by atoms with Gasteiger partial charge in [-0.1, -0.05) is 65.0 Å². The van der Waals surface area contributed by atoms with Crippen LogP contribution in [0.4, 0.5) is 5.69 Å². The molecule has 7 heteroatoms. The van der Waals surface area contributed by atoms with E-state index in [1.807, 2.05) is 61.5 Å². The van der Waals surface area contributed by atoms with Crippen molar-refractivity contribution in [3.63, 3.8) is 0 Å². The fourth-order valence-electron chi connectivity index (χ4n) is 5.02. The van der Waals surface area contributed by atoms with Crippen molar-refractivity contribution in [2.24, 2.45) is 5.10 Å². The summed E-state index contributed by atoms with van der Waals surface area (Å²) < 4.78 is 8.65. The number of aryl methyl sites for hydroxylation is 1. The number of rotatable bonds is 7. The summed E-state index contributed by atoms with van der Waals surface area (Å²) in [5.41, 5.74) is 4.68. The van der Waals surface area contributed by atoms with Crippen LogP contribution in [0.3, 0.4) is 0 Å². The molecule has 5 rings (SSSR count). The normalized spacial score (nSPS) is 14.3. The molecular formula is C31H33BrN4O2. The van der Waals surface area contributed by atoms with Crippen molar-refractivity contribution < 1.29 is 4.74 Å². The Morgan fingerprint density at radius 3 is 2.66 bits per heavy atom. The number of hydrogen-bond donors (Lipinski definition) is 0. The third-order valence-electron chi connectivity index (χ3n) is 7.11. The van der Waals surface area contributed by atoms with Crippen molar-refractivity contribution in [2.45, 2.75) is 51.6 Å². The van der Waals surface area contributed by atoms with Crippen molar-refractivity contribution in [3.05, 3.63) is 98.0 Å². The SMILES string of the molecule is Cc1cccc(COc2cc(N(C)C)ccc2C=Nn2c(C3CCCCC3)nc3ccc(Br)cc3c2=O)c1. The average Bonchev–Trinajstić information content (AvgIpc) is 2.92. The molecule has 3 aromatic carbocycles. The standard InChI is InChI=1S/C31H33BrN4O2/c1-21-8-7-9-22(16-21)20-38-29-18-26(35(2)3)14-12-24(29)19-33-36-30(23-10-5-4-6-11-23)34-28-15-13-25(32)17-27(28)31(36)37/h7-9,12-19,23H,4-6,10-11,20H2,1-3H3. The van der Waals surface area contributed by atoms with Crippen LogP contribution in [0.25, 0.3) is 10.9 Å². The van der Waals surface area contributed by atoms with Crippen molar-refractivity contribution in [1.29, 1.82) is 0 Å². The lowest BCUT2D eigenvalue weighted by Gasteiger charge is -2.23. The highest BCUT2D eigenvalue weighted by Crippen LogP contribution is 2.32. The maximum absolute atomic E-state index is 13.7. The van der Waals surface area contributed by atoms with Crippen LogP contribution in [-0.2, 0) is 6.61 Å². The Kier molecular flexibility index (Phi) is 7.93. The van der Waals surface area contributed by atoms with Crippen LogP contribution in [-0.4, -0.2) is 30.0 Å². The summed E-state index contributed by atoms with van der Waals surface area (Å²) in [5, 5.41) is 5.29. The summed E-state index contributed by atoms with van der Waals surface area (Å²) in [7, 11) is 4.00. The smallest absolute Gasteiger partial charge is 0.282 e. The van der Waals surface area contributed by atoms with Gasteiger partial charge in [0.25, 0.3) is 5.56 Å². The van der Waals surface area contributed by atoms with Gasteiger partial charge in [0, 0.05) is 41.8 Å². The first kappa shape index (κ1) is 26.2. The largest absolute Gasteiger partial charge is 0.488 e. The van der Waals surface area contributed by atoms with Gasteiger partial charge in [0.1, 0.15) is 18.2 Å². The van der Waals surface area contributed by atoms with Crippen LogP contribution in [0.15, 0.2) is 75.0 Å². The molecule has 0 atom stereocenters. The summed E-state index contributed by atoms with van der Waals surface area (Å²) >= 11 is 3.50. The Morgan fingerprint density at radius 1 is 1.08 bits per heavy atom. The predicted molar refractivity (Wildman–Crippen MR) is 159 cm³/mol. The molecule has 0 radical (unpaired) electrons. The fourth-order valence-corrected chi connectivity index (χ4v) is 5.38. The quantitative estimate of drug-likeness (QED) is 0.223. The minimum atomic E-state index is -0.153. The third-order valence-corrected chi connectivity index (χ3v) is 7.60. The Balaban J connectivity index is 1.56. The highest BCUT2D eigenvalue weighted by molar-refractivity contribution is 9.10. The Hall–Kier alpha value is -3.45. The topological polar surface area (TPSA) is 59.7 Å². The average molecular weight is 574 g/mol. The zero-order valence-electron chi connectivity index (χ0n) is 22.2. The second-order valence-corrected chi connectivity index (χ2v) is 11.1. The fraction of sp³-hybridized carbons (Fsp3) is 0.323. The van der Waals surface area contributed by atoms with Crippen LogP contribution in [0, 0.1) is 6.92 Å². The number of anilines is 1. The molecular weight excluding hydrogens is 540 g/mol. The van der Waals surface area contributed by atoms with Gasteiger partial charge < -0.3 is 9.64 Å². The van der Waals surface area contributed by atoms with Crippen LogP contribution in [0.1, 0.15) is 60.5 Å². The first-order chi connectivity index (χ1) is 18.4. The molecule has 196 valence electrons. The molecule has 4 aromatic rings. The van der Waals surface area contributed by atoms with Gasteiger partial charge in [-0.3, -0.25) is 4.79 Å². The van der Waals surface area contributed by atoms with E-state index in [4.69, 9.17) is 14.8 Å². The lowest BCUT2D eigenvalue weighted by molar-refractivity contribution is 0.306.